The summed E-state index contributed by atoms with van der Waals surface area (Å²) in [7, 11) is 0. The van der Waals surface area contributed by atoms with Gasteiger partial charge in [0, 0.05) is 41.5 Å². The number of likely N-dealkylation sites (tertiary alicyclic amines) is 1. The molecule has 0 radical (unpaired) electrons. The Hall–Kier alpha value is -2.22. The summed E-state index contributed by atoms with van der Waals surface area (Å²) < 4.78 is 0. The normalized spacial score (nSPS) is 14.7. The number of rotatable bonds is 5. The van der Waals surface area contributed by atoms with Crippen molar-refractivity contribution in [2.45, 2.75) is 26.2 Å². The van der Waals surface area contributed by atoms with E-state index in [0.717, 1.165) is 32.3 Å². The maximum Gasteiger partial charge on any atom is 0.263 e. The molecule has 0 unspecified atom stereocenters. The number of nitrogens with zero attached hydrogens (tertiary/aromatic N) is 2. The van der Waals surface area contributed by atoms with Crippen LogP contribution in [0.3, 0.4) is 0 Å². The van der Waals surface area contributed by atoms with Crippen LogP contribution < -0.4 is 5.32 Å². The molecule has 4 rings (SSSR count). The van der Waals surface area contributed by atoms with Crippen molar-refractivity contribution in [2.75, 3.05) is 18.4 Å². The lowest BCUT2D eigenvalue weighted by molar-refractivity contribution is -0.121. The fourth-order valence-electron chi connectivity index (χ4n) is 3.50. The van der Waals surface area contributed by atoms with Gasteiger partial charge in [0.1, 0.15) is 0 Å². The second kappa shape index (κ2) is 9.29. The molecule has 3 heterocycles. The lowest BCUT2D eigenvalue weighted by Gasteiger charge is -2.30. The number of thiazole rings is 1. The van der Waals surface area contributed by atoms with E-state index in [9.17, 15) is 9.59 Å². The second-order valence-electron chi connectivity index (χ2n) is 7.43. The summed E-state index contributed by atoms with van der Waals surface area (Å²) in [6, 6.07) is 9.77. The number of aromatic nitrogens is 1. The third kappa shape index (κ3) is 4.91. The number of halogens is 1. The minimum atomic E-state index is -0.0966. The summed E-state index contributed by atoms with van der Waals surface area (Å²) in [6.07, 6.45) is 3.87. The Balaban J connectivity index is 1.29. The molecule has 2 aromatic heterocycles. The molecule has 8 heteroatoms. The molecule has 3 aromatic rings. The van der Waals surface area contributed by atoms with Crippen LogP contribution in [0.15, 0.2) is 41.9 Å². The molecule has 0 atom stereocenters. The van der Waals surface area contributed by atoms with Crippen molar-refractivity contribution < 1.29 is 9.59 Å². The average Bonchev–Trinajstić information content (AvgIpc) is 3.43. The number of benzene rings is 1. The highest BCUT2D eigenvalue weighted by atomic mass is 35.5. The predicted octanol–water partition coefficient (Wildman–Crippen LogP) is 5.25. The molecule has 1 aliphatic heterocycles. The lowest BCUT2D eigenvalue weighted by Crippen LogP contribution is -2.41. The van der Waals surface area contributed by atoms with Crippen molar-refractivity contribution in [3.63, 3.8) is 0 Å². The number of amides is 2. The van der Waals surface area contributed by atoms with E-state index in [1.807, 2.05) is 41.5 Å². The Bertz CT molecular complexity index is 1040. The van der Waals surface area contributed by atoms with E-state index >= 15 is 0 Å². The van der Waals surface area contributed by atoms with Crippen LogP contribution in [0.2, 0.25) is 5.02 Å². The van der Waals surface area contributed by atoms with E-state index in [1.165, 1.54) is 22.7 Å². The molecule has 0 saturated carbocycles. The van der Waals surface area contributed by atoms with E-state index in [4.69, 9.17) is 11.6 Å². The SMILES string of the molecule is Cc1ccc(Cc2cnc(NC(=O)C3CCN(C(=O)c4cccs4)CC3)s2)cc1Cl. The van der Waals surface area contributed by atoms with Crippen LogP contribution in [-0.2, 0) is 11.2 Å². The number of carbonyl (C=O) groups is 2. The van der Waals surface area contributed by atoms with Crippen molar-refractivity contribution in [1.29, 1.82) is 0 Å². The molecular formula is C22H22ClN3O2S2. The van der Waals surface area contributed by atoms with Crippen LogP contribution >= 0.6 is 34.3 Å². The Kier molecular flexibility index (Phi) is 6.51. The molecule has 1 aliphatic rings. The van der Waals surface area contributed by atoms with Crippen LogP contribution in [0.25, 0.3) is 0 Å². The van der Waals surface area contributed by atoms with Gasteiger partial charge >= 0.3 is 0 Å². The minimum Gasteiger partial charge on any atom is -0.338 e. The van der Waals surface area contributed by atoms with Crippen molar-refractivity contribution in [2.24, 2.45) is 5.92 Å². The zero-order valence-corrected chi connectivity index (χ0v) is 18.9. The smallest absolute Gasteiger partial charge is 0.263 e. The van der Waals surface area contributed by atoms with Gasteiger partial charge in [0.15, 0.2) is 5.13 Å². The van der Waals surface area contributed by atoms with Gasteiger partial charge in [0.05, 0.1) is 4.88 Å². The van der Waals surface area contributed by atoms with Crippen LogP contribution in [-0.4, -0.2) is 34.8 Å². The molecule has 1 saturated heterocycles. The van der Waals surface area contributed by atoms with E-state index in [0.29, 0.717) is 31.1 Å². The fraction of sp³-hybridized carbons (Fsp3) is 0.318. The summed E-state index contributed by atoms with van der Waals surface area (Å²) in [4.78, 5) is 33.1. The molecule has 1 N–H and O–H groups in total. The number of nitrogens with one attached hydrogen (secondary N) is 1. The second-order valence-corrected chi connectivity index (χ2v) is 9.90. The van der Waals surface area contributed by atoms with E-state index in [2.05, 4.69) is 16.4 Å². The maximum atomic E-state index is 12.7. The maximum absolute atomic E-state index is 12.7. The number of carbonyl (C=O) groups excluding carboxylic acids is 2. The number of piperidine rings is 1. The van der Waals surface area contributed by atoms with Gasteiger partial charge in [-0.05, 0) is 48.4 Å². The number of hydrogen-bond donors (Lipinski definition) is 1. The first-order valence-electron chi connectivity index (χ1n) is 9.83. The molecule has 156 valence electrons. The topological polar surface area (TPSA) is 62.3 Å². The Morgan fingerprint density at radius 1 is 1.27 bits per heavy atom. The van der Waals surface area contributed by atoms with Gasteiger partial charge in [0.2, 0.25) is 5.91 Å². The van der Waals surface area contributed by atoms with Crippen LogP contribution in [0, 0.1) is 12.8 Å². The Morgan fingerprint density at radius 2 is 2.07 bits per heavy atom. The summed E-state index contributed by atoms with van der Waals surface area (Å²) >= 11 is 9.14. The number of aryl methyl sites for hydroxylation is 1. The predicted molar refractivity (Wildman–Crippen MR) is 123 cm³/mol. The van der Waals surface area contributed by atoms with Gasteiger partial charge in [-0.1, -0.05) is 29.8 Å². The average molecular weight is 460 g/mol. The summed E-state index contributed by atoms with van der Waals surface area (Å²) in [6.45, 7) is 3.19. The molecule has 2 amide bonds. The van der Waals surface area contributed by atoms with Crippen LogP contribution in [0.1, 0.15) is 38.5 Å². The highest BCUT2D eigenvalue weighted by Gasteiger charge is 2.28. The lowest BCUT2D eigenvalue weighted by atomic mass is 9.96. The monoisotopic (exact) mass is 459 g/mol. The molecule has 30 heavy (non-hydrogen) atoms. The van der Waals surface area contributed by atoms with Crippen molar-refractivity contribution in [3.8, 4) is 0 Å². The van der Waals surface area contributed by atoms with Gasteiger partial charge < -0.3 is 10.2 Å². The number of thiophene rings is 1. The van der Waals surface area contributed by atoms with Crippen molar-refractivity contribution in [1.82, 2.24) is 9.88 Å². The molecule has 1 aromatic carbocycles. The fourth-order valence-corrected chi connectivity index (χ4v) is 5.25. The molecule has 0 aliphatic carbocycles. The summed E-state index contributed by atoms with van der Waals surface area (Å²) in [5.74, 6) is -0.0530. The third-order valence-electron chi connectivity index (χ3n) is 5.28. The van der Waals surface area contributed by atoms with Crippen molar-refractivity contribution >= 4 is 51.2 Å². The van der Waals surface area contributed by atoms with Crippen molar-refractivity contribution in [3.05, 3.63) is 67.8 Å². The molecule has 0 spiro atoms. The highest BCUT2D eigenvalue weighted by molar-refractivity contribution is 7.15. The van der Waals surface area contributed by atoms with Gasteiger partial charge in [-0.3, -0.25) is 9.59 Å². The first kappa shape index (κ1) is 21.0. The van der Waals surface area contributed by atoms with Gasteiger partial charge in [-0.25, -0.2) is 4.98 Å². The van der Waals surface area contributed by atoms with Crippen LogP contribution in [0.4, 0.5) is 5.13 Å². The molecule has 1 fully saturated rings. The zero-order valence-electron chi connectivity index (χ0n) is 16.6. The molecule has 5 nitrogen and oxygen atoms in total. The quantitative estimate of drug-likeness (QED) is 0.566. The third-order valence-corrected chi connectivity index (χ3v) is 7.46. The Labute approximate surface area is 188 Å². The summed E-state index contributed by atoms with van der Waals surface area (Å²) in [5, 5.41) is 6.23. The largest absolute Gasteiger partial charge is 0.338 e. The standard InChI is InChI=1S/C22H22ClN3O2S2/c1-14-4-5-15(12-18(14)23)11-17-13-24-22(30-17)25-20(27)16-6-8-26(9-7-16)21(28)19-3-2-10-29-19/h2-5,10,12-13,16H,6-9,11H2,1H3,(H,24,25,27). The number of anilines is 1. The zero-order chi connectivity index (χ0) is 21.1. The van der Waals surface area contributed by atoms with E-state index < -0.39 is 0 Å². The van der Waals surface area contributed by atoms with E-state index in [1.54, 1.807) is 6.20 Å². The van der Waals surface area contributed by atoms with Crippen LogP contribution in [0.5, 0.6) is 0 Å². The first-order chi connectivity index (χ1) is 14.5. The number of hydrogen-bond acceptors (Lipinski definition) is 5. The van der Waals surface area contributed by atoms with Gasteiger partial charge in [0.25, 0.3) is 5.91 Å². The molecular weight excluding hydrogens is 438 g/mol. The first-order valence-corrected chi connectivity index (χ1v) is 11.9. The van der Waals surface area contributed by atoms with Gasteiger partial charge in [-0.2, -0.15) is 0 Å². The van der Waals surface area contributed by atoms with E-state index in [-0.39, 0.29) is 17.7 Å². The minimum absolute atomic E-state index is 0.0162. The summed E-state index contributed by atoms with van der Waals surface area (Å²) in [5.41, 5.74) is 2.18. The Morgan fingerprint density at radius 3 is 2.77 bits per heavy atom. The molecule has 0 bridgehead atoms. The highest BCUT2D eigenvalue weighted by Crippen LogP contribution is 2.26. The van der Waals surface area contributed by atoms with Gasteiger partial charge in [-0.15, -0.1) is 22.7 Å².